The van der Waals surface area contributed by atoms with Gasteiger partial charge in [0.1, 0.15) is 11.1 Å². The highest BCUT2D eigenvalue weighted by molar-refractivity contribution is 14.0. The minimum absolute atomic E-state index is 0. The smallest absolute Gasteiger partial charge is 0.194 e. The van der Waals surface area contributed by atoms with E-state index in [0.717, 1.165) is 42.3 Å². The highest BCUT2D eigenvalue weighted by Gasteiger charge is 2.20. The molecular weight excluding hydrogens is 451 g/mol. The van der Waals surface area contributed by atoms with Crippen molar-refractivity contribution >= 4 is 41.3 Å². The van der Waals surface area contributed by atoms with Crippen molar-refractivity contribution in [2.45, 2.75) is 39.3 Å². The van der Waals surface area contributed by atoms with E-state index in [0.29, 0.717) is 13.2 Å². The number of hydrogen-bond donors (Lipinski definition) is 1. The van der Waals surface area contributed by atoms with Crippen molar-refractivity contribution in [2.24, 2.45) is 10.9 Å². The third-order valence-electron chi connectivity index (χ3n) is 3.91. The molecule has 1 saturated carbocycles. The lowest BCUT2D eigenvalue weighted by atomic mass is 10.4. The van der Waals surface area contributed by atoms with Crippen molar-refractivity contribution in [1.29, 1.82) is 0 Å². The van der Waals surface area contributed by atoms with Crippen LogP contribution in [0.1, 0.15) is 43.5 Å². The van der Waals surface area contributed by atoms with Crippen LogP contribution in [0.5, 0.6) is 0 Å². The van der Waals surface area contributed by atoms with E-state index in [2.05, 4.69) is 32.5 Å². The van der Waals surface area contributed by atoms with Crippen LogP contribution in [0.2, 0.25) is 0 Å². The predicted molar refractivity (Wildman–Crippen MR) is 114 cm³/mol. The van der Waals surface area contributed by atoms with Crippen molar-refractivity contribution in [3.8, 4) is 0 Å². The van der Waals surface area contributed by atoms with Gasteiger partial charge in [0.05, 0.1) is 25.4 Å². The second-order valence-electron chi connectivity index (χ2n) is 6.17. The van der Waals surface area contributed by atoms with Gasteiger partial charge in [-0.05, 0) is 32.6 Å². The summed E-state index contributed by atoms with van der Waals surface area (Å²) in [5.74, 6) is 1.69. The molecule has 1 aliphatic carbocycles. The molecule has 0 aliphatic heterocycles. The molecule has 144 valence electrons. The number of methoxy groups -OCH3 is 1. The summed E-state index contributed by atoms with van der Waals surface area (Å²) in [5, 5.41) is 6.42. The van der Waals surface area contributed by atoms with Crippen LogP contribution in [0.25, 0.3) is 0 Å². The molecule has 2 rings (SSSR count). The van der Waals surface area contributed by atoms with Crippen molar-refractivity contribution < 1.29 is 9.47 Å². The first-order valence-corrected chi connectivity index (χ1v) is 9.56. The third-order valence-corrected chi connectivity index (χ3v) is 4.97. The zero-order chi connectivity index (χ0) is 17.4. The Hall–Kier alpha value is -0.450. The Morgan fingerprint density at radius 2 is 2.28 bits per heavy atom. The number of nitrogens with zero attached hydrogens (tertiary/aromatic N) is 3. The molecule has 25 heavy (non-hydrogen) atoms. The summed E-state index contributed by atoms with van der Waals surface area (Å²) in [5.41, 5.74) is 1.04. The molecule has 1 N–H and O–H groups in total. The van der Waals surface area contributed by atoms with E-state index in [1.54, 1.807) is 18.4 Å². The molecule has 1 heterocycles. The Bertz CT molecular complexity index is 523. The molecule has 0 saturated heterocycles. The molecule has 0 aromatic carbocycles. The summed E-state index contributed by atoms with van der Waals surface area (Å²) in [6.07, 6.45) is 2.69. The van der Waals surface area contributed by atoms with Gasteiger partial charge in [0, 0.05) is 32.7 Å². The van der Waals surface area contributed by atoms with Crippen LogP contribution >= 0.6 is 35.3 Å². The van der Waals surface area contributed by atoms with Gasteiger partial charge in [-0.2, -0.15) is 0 Å². The number of guanidine groups is 1. The van der Waals surface area contributed by atoms with E-state index in [-0.39, 0.29) is 30.1 Å². The van der Waals surface area contributed by atoms with Crippen molar-refractivity contribution in [2.75, 3.05) is 40.5 Å². The van der Waals surface area contributed by atoms with Crippen LogP contribution < -0.4 is 5.32 Å². The number of nitrogens with one attached hydrogen (secondary N) is 1. The van der Waals surface area contributed by atoms with Gasteiger partial charge in [-0.15, -0.1) is 35.3 Å². The fourth-order valence-electron chi connectivity index (χ4n) is 2.22. The van der Waals surface area contributed by atoms with Gasteiger partial charge in [-0.25, -0.2) is 4.98 Å². The minimum atomic E-state index is 0. The van der Waals surface area contributed by atoms with Crippen LogP contribution in [-0.2, 0) is 16.0 Å². The normalized spacial score (nSPS) is 15.6. The second kappa shape index (κ2) is 12.0. The quantitative estimate of drug-likeness (QED) is 0.240. The van der Waals surface area contributed by atoms with Crippen molar-refractivity contribution in [1.82, 2.24) is 15.2 Å². The summed E-state index contributed by atoms with van der Waals surface area (Å²) < 4.78 is 11.0. The van der Waals surface area contributed by atoms with Crippen molar-refractivity contribution in [3.63, 3.8) is 0 Å². The molecule has 1 fully saturated rings. The highest BCUT2D eigenvalue weighted by Crippen LogP contribution is 2.28. The fourth-order valence-corrected chi connectivity index (χ4v) is 3.06. The monoisotopic (exact) mass is 482 g/mol. The zero-order valence-electron chi connectivity index (χ0n) is 15.7. The first kappa shape index (κ1) is 22.6. The Kier molecular flexibility index (Phi) is 10.9. The van der Waals surface area contributed by atoms with E-state index < -0.39 is 0 Å². The highest BCUT2D eigenvalue weighted by atomic mass is 127. The molecule has 0 spiro atoms. The Morgan fingerprint density at radius 1 is 1.52 bits per heavy atom. The molecule has 6 nitrogen and oxygen atoms in total. The number of halogens is 1. The maximum atomic E-state index is 5.65. The number of rotatable bonds is 10. The molecule has 8 heteroatoms. The maximum Gasteiger partial charge on any atom is 0.194 e. The Balaban J connectivity index is 0.00000312. The minimum Gasteiger partial charge on any atom is -0.379 e. The van der Waals surface area contributed by atoms with Gasteiger partial charge in [0.25, 0.3) is 0 Å². The average molecular weight is 482 g/mol. The van der Waals surface area contributed by atoms with E-state index in [9.17, 15) is 0 Å². The maximum absolute atomic E-state index is 5.65. The second-order valence-corrected chi connectivity index (χ2v) is 7.05. The Morgan fingerprint density at radius 3 is 2.92 bits per heavy atom. The summed E-state index contributed by atoms with van der Waals surface area (Å²) in [6, 6.07) is 0. The average Bonchev–Trinajstić information content (AvgIpc) is 3.29. The lowest BCUT2D eigenvalue weighted by molar-refractivity contribution is 0.119. The van der Waals surface area contributed by atoms with Crippen LogP contribution in [-0.4, -0.2) is 56.3 Å². The van der Waals surface area contributed by atoms with E-state index >= 15 is 0 Å². The van der Waals surface area contributed by atoms with E-state index in [1.807, 2.05) is 14.0 Å². The molecule has 0 amide bonds. The number of thiazole rings is 1. The number of ether oxygens (including phenoxy) is 2. The SMILES string of the molecule is CCNC(=NCCOCC1CC1)N(C)Cc1csc(C(C)OC)n1.I. The standard InChI is InChI=1S/C17H30N4O2S.HI/c1-5-18-17(19-8-9-23-11-14-6-7-14)21(3)10-15-12-24-16(20-15)13(2)22-4;/h12-14H,5-11H2,1-4H3,(H,18,19);1H. The van der Waals surface area contributed by atoms with Crippen LogP contribution in [0.4, 0.5) is 0 Å². The molecule has 0 bridgehead atoms. The molecule has 1 aliphatic rings. The summed E-state index contributed by atoms with van der Waals surface area (Å²) in [4.78, 5) is 11.4. The predicted octanol–water partition coefficient (Wildman–Crippen LogP) is 3.29. The lowest BCUT2D eigenvalue weighted by Crippen LogP contribution is -2.38. The van der Waals surface area contributed by atoms with Crippen LogP contribution in [0.3, 0.4) is 0 Å². The first-order chi connectivity index (χ1) is 11.6. The number of aliphatic imine (C=N–C) groups is 1. The molecule has 1 unspecified atom stereocenters. The largest absolute Gasteiger partial charge is 0.379 e. The summed E-state index contributed by atoms with van der Waals surface area (Å²) >= 11 is 1.64. The van der Waals surface area contributed by atoms with Gasteiger partial charge in [0.2, 0.25) is 0 Å². The van der Waals surface area contributed by atoms with Gasteiger partial charge in [-0.3, -0.25) is 4.99 Å². The third kappa shape index (κ3) is 8.19. The Labute approximate surface area is 172 Å². The first-order valence-electron chi connectivity index (χ1n) is 8.68. The lowest BCUT2D eigenvalue weighted by Gasteiger charge is -2.21. The van der Waals surface area contributed by atoms with Crippen LogP contribution in [0, 0.1) is 5.92 Å². The van der Waals surface area contributed by atoms with Gasteiger partial charge < -0.3 is 19.7 Å². The fraction of sp³-hybridized carbons (Fsp3) is 0.765. The van der Waals surface area contributed by atoms with E-state index in [4.69, 9.17) is 9.47 Å². The van der Waals surface area contributed by atoms with Crippen LogP contribution in [0.15, 0.2) is 10.4 Å². The molecule has 1 aromatic heterocycles. The molecule has 1 atom stereocenters. The number of aromatic nitrogens is 1. The molecule has 0 radical (unpaired) electrons. The zero-order valence-corrected chi connectivity index (χ0v) is 18.8. The van der Waals surface area contributed by atoms with Crippen molar-refractivity contribution in [3.05, 3.63) is 16.1 Å². The molecule has 1 aromatic rings. The van der Waals surface area contributed by atoms with Gasteiger partial charge in [-0.1, -0.05) is 0 Å². The topological polar surface area (TPSA) is 59.0 Å². The molecular formula is C17H31IN4O2S. The number of hydrogen-bond acceptors (Lipinski definition) is 5. The van der Waals surface area contributed by atoms with E-state index in [1.165, 1.54) is 12.8 Å². The summed E-state index contributed by atoms with van der Waals surface area (Å²) in [7, 11) is 3.74. The van der Waals surface area contributed by atoms with Gasteiger partial charge in [0.15, 0.2) is 5.96 Å². The summed E-state index contributed by atoms with van der Waals surface area (Å²) in [6.45, 7) is 7.92. The van der Waals surface area contributed by atoms with Gasteiger partial charge >= 0.3 is 0 Å².